The predicted octanol–water partition coefficient (Wildman–Crippen LogP) is 1.89. The molecule has 0 atom stereocenters. The zero-order chi connectivity index (χ0) is 15.7. The first-order valence-electron chi connectivity index (χ1n) is 6.36. The second-order valence-corrected chi connectivity index (χ2v) is 3.96. The minimum Gasteiger partial charge on any atom is -0.504 e. The Hall–Kier alpha value is -2.52. The molecule has 1 N–H and O–H groups in total. The fourth-order valence-corrected chi connectivity index (χ4v) is 1.49. The van der Waals surface area contributed by atoms with Gasteiger partial charge in [-0.25, -0.2) is 4.79 Å². The van der Waals surface area contributed by atoms with Crippen molar-refractivity contribution < 1.29 is 24.1 Å². The van der Waals surface area contributed by atoms with Crippen molar-refractivity contribution in [2.24, 2.45) is 0 Å². The summed E-state index contributed by atoms with van der Waals surface area (Å²) in [6.45, 7) is 2.52. The van der Waals surface area contributed by atoms with E-state index in [1.807, 2.05) is 0 Å². The molecule has 0 radical (unpaired) electrons. The molecule has 112 valence electrons. The van der Waals surface area contributed by atoms with Crippen LogP contribution in [0.2, 0.25) is 0 Å². The Kier molecular flexibility index (Phi) is 6.78. The fraction of sp³-hybridized carbons (Fsp3) is 0.333. The second-order valence-electron chi connectivity index (χ2n) is 3.96. The van der Waals surface area contributed by atoms with E-state index in [9.17, 15) is 9.90 Å². The van der Waals surface area contributed by atoms with Crippen molar-refractivity contribution in [1.29, 1.82) is 5.26 Å². The Bertz CT molecular complexity index is 560. The lowest BCUT2D eigenvalue weighted by Gasteiger charge is -2.07. The Balaban J connectivity index is 2.90. The van der Waals surface area contributed by atoms with Crippen molar-refractivity contribution in [2.45, 2.75) is 6.92 Å². The first-order chi connectivity index (χ1) is 10.1. The van der Waals surface area contributed by atoms with Gasteiger partial charge in [-0.1, -0.05) is 6.07 Å². The lowest BCUT2D eigenvalue weighted by atomic mass is 10.1. The molecule has 6 heteroatoms. The topological polar surface area (TPSA) is 88.8 Å². The molecule has 0 saturated carbocycles. The van der Waals surface area contributed by atoms with Gasteiger partial charge in [0.2, 0.25) is 0 Å². The van der Waals surface area contributed by atoms with Crippen LogP contribution in [-0.2, 0) is 14.3 Å². The molecule has 0 aliphatic carbocycles. The highest BCUT2D eigenvalue weighted by molar-refractivity contribution is 5.97. The van der Waals surface area contributed by atoms with Crippen LogP contribution in [0.25, 0.3) is 6.08 Å². The van der Waals surface area contributed by atoms with Gasteiger partial charge in [-0.2, -0.15) is 5.26 Å². The Morgan fingerprint density at radius 1 is 1.43 bits per heavy atom. The molecule has 0 saturated heterocycles. The average Bonchev–Trinajstić information content (AvgIpc) is 2.48. The van der Waals surface area contributed by atoms with Crippen LogP contribution in [0.1, 0.15) is 12.5 Å². The summed E-state index contributed by atoms with van der Waals surface area (Å²) in [7, 11) is 1.49. The number of ether oxygens (including phenoxy) is 3. The van der Waals surface area contributed by atoms with Crippen LogP contribution in [0.3, 0.4) is 0 Å². The van der Waals surface area contributed by atoms with Gasteiger partial charge in [0.1, 0.15) is 18.2 Å². The molecular formula is C15H17NO5. The zero-order valence-electron chi connectivity index (χ0n) is 12.0. The molecule has 0 spiro atoms. The lowest BCUT2D eigenvalue weighted by Crippen LogP contribution is -2.11. The average molecular weight is 291 g/mol. The summed E-state index contributed by atoms with van der Waals surface area (Å²) >= 11 is 0. The summed E-state index contributed by atoms with van der Waals surface area (Å²) in [4.78, 5) is 11.7. The molecule has 0 aromatic heterocycles. The number of benzene rings is 1. The van der Waals surface area contributed by atoms with Crippen LogP contribution in [0.15, 0.2) is 23.8 Å². The Morgan fingerprint density at radius 3 is 2.81 bits per heavy atom. The molecule has 1 aromatic rings. The molecule has 0 aliphatic heterocycles. The van der Waals surface area contributed by atoms with Crippen LogP contribution in [0, 0.1) is 11.3 Å². The van der Waals surface area contributed by atoms with Crippen molar-refractivity contribution in [2.75, 3.05) is 26.9 Å². The number of carbonyl (C=O) groups is 1. The third-order valence-corrected chi connectivity index (χ3v) is 2.46. The number of phenols is 1. The van der Waals surface area contributed by atoms with Crippen molar-refractivity contribution in [3.05, 3.63) is 29.3 Å². The zero-order valence-corrected chi connectivity index (χ0v) is 12.0. The molecule has 0 amide bonds. The summed E-state index contributed by atoms with van der Waals surface area (Å²) in [5.41, 5.74) is 0.413. The molecule has 0 aliphatic rings. The molecule has 1 rings (SSSR count). The van der Waals surface area contributed by atoms with Crippen LogP contribution in [-0.4, -0.2) is 38.0 Å². The summed E-state index contributed by atoms with van der Waals surface area (Å²) in [6.07, 6.45) is 1.37. The summed E-state index contributed by atoms with van der Waals surface area (Å²) in [6, 6.07) is 6.33. The summed E-state index contributed by atoms with van der Waals surface area (Å²) < 4.78 is 14.9. The number of carbonyl (C=O) groups excluding carboxylic acids is 1. The second kappa shape index (κ2) is 8.61. The van der Waals surface area contributed by atoms with Crippen molar-refractivity contribution in [3.8, 4) is 17.6 Å². The number of rotatable bonds is 7. The molecular weight excluding hydrogens is 274 g/mol. The lowest BCUT2D eigenvalue weighted by molar-refractivity contribution is -0.139. The van der Waals surface area contributed by atoms with E-state index in [1.165, 1.54) is 19.3 Å². The predicted molar refractivity (Wildman–Crippen MR) is 75.7 cm³/mol. The van der Waals surface area contributed by atoms with Crippen molar-refractivity contribution in [3.63, 3.8) is 0 Å². The van der Waals surface area contributed by atoms with E-state index in [1.54, 1.807) is 25.1 Å². The van der Waals surface area contributed by atoms with Gasteiger partial charge in [-0.05, 0) is 30.7 Å². The van der Waals surface area contributed by atoms with Gasteiger partial charge >= 0.3 is 5.97 Å². The molecule has 0 bridgehead atoms. The number of methoxy groups -OCH3 is 1. The molecule has 0 fully saturated rings. The van der Waals surface area contributed by atoms with Crippen LogP contribution in [0.4, 0.5) is 0 Å². The van der Waals surface area contributed by atoms with Gasteiger partial charge in [-0.15, -0.1) is 0 Å². The maximum Gasteiger partial charge on any atom is 0.348 e. The van der Waals surface area contributed by atoms with Crippen LogP contribution >= 0.6 is 0 Å². The normalized spacial score (nSPS) is 10.8. The number of nitrogens with zero attached hydrogens (tertiary/aromatic N) is 1. The number of nitriles is 1. The first kappa shape index (κ1) is 16.5. The molecule has 0 unspecified atom stereocenters. The first-order valence-corrected chi connectivity index (χ1v) is 6.36. The largest absolute Gasteiger partial charge is 0.504 e. The van der Waals surface area contributed by atoms with Gasteiger partial charge in [0.15, 0.2) is 11.5 Å². The number of phenolic OH excluding ortho intramolecular Hbond substituents is 1. The molecule has 0 heterocycles. The quantitative estimate of drug-likeness (QED) is 0.357. The number of hydrogen-bond acceptors (Lipinski definition) is 6. The van der Waals surface area contributed by atoms with E-state index < -0.39 is 5.97 Å². The number of aromatic hydroxyl groups is 1. The third kappa shape index (κ3) is 5.16. The van der Waals surface area contributed by atoms with Gasteiger partial charge < -0.3 is 19.3 Å². The minimum absolute atomic E-state index is 0.00446. The van der Waals surface area contributed by atoms with Crippen LogP contribution < -0.4 is 4.74 Å². The standard InChI is InChI=1S/C15H17NO5/c1-3-20-14-9-11(4-5-13(14)17)8-12(10-16)15(18)21-7-6-19-2/h4-5,8-9,17H,3,6-7H2,1-2H3/b12-8+. The van der Waals surface area contributed by atoms with E-state index >= 15 is 0 Å². The molecule has 6 nitrogen and oxygen atoms in total. The number of esters is 1. The smallest absolute Gasteiger partial charge is 0.348 e. The maximum atomic E-state index is 11.7. The van der Waals surface area contributed by atoms with Gasteiger partial charge in [0, 0.05) is 7.11 Å². The SMILES string of the molecule is CCOc1cc(/C=C(\C#N)C(=O)OCCOC)ccc1O. The van der Waals surface area contributed by atoms with E-state index in [0.717, 1.165) is 0 Å². The van der Waals surface area contributed by atoms with Crippen LogP contribution in [0.5, 0.6) is 11.5 Å². The van der Waals surface area contributed by atoms with Gasteiger partial charge in [0.25, 0.3) is 0 Å². The fourth-order valence-electron chi connectivity index (χ4n) is 1.49. The highest BCUT2D eigenvalue weighted by Gasteiger charge is 2.11. The summed E-state index contributed by atoms with van der Waals surface area (Å²) in [5, 5.41) is 18.6. The number of hydrogen-bond donors (Lipinski definition) is 1. The van der Waals surface area contributed by atoms with Crippen molar-refractivity contribution in [1.82, 2.24) is 0 Å². The highest BCUT2D eigenvalue weighted by Crippen LogP contribution is 2.27. The highest BCUT2D eigenvalue weighted by atomic mass is 16.6. The van der Waals surface area contributed by atoms with E-state index in [0.29, 0.717) is 12.2 Å². The van der Waals surface area contributed by atoms with E-state index in [-0.39, 0.29) is 30.3 Å². The Labute approximate surface area is 123 Å². The minimum atomic E-state index is -0.722. The van der Waals surface area contributed by atoms with Gasteiger partial charge in [-0.3, -0.25) is 0 Å². The monoisotopic (exact) mass is 291 g/mol. The maximum absolute atomic E-state index is 11.7. The van der Waals surface area contributed by atoms with Gasteiger partial charge in [0.05, 0.1) is 13.2 Å². The Morgan fingerprint density at radius 2 is 2.19 bits per heavy atom. The van der Waals surface area contributed by atoms with E-state index in [2.05, 4.69) is 0 Å². The van der Waals surface area contributed by atoms with Crippen molar-refractivity contribution >= 4 is 12.0 Å². The third-order valence-electron chi connectivity index (χ3n) is 2.46. The molecule has 21 heavy (non-hydrogen) atoms. The summed E-state index contributed by atoms with van der Waals surface area (Å²) in [5.74, 6) is -0.438. The molecule has 1 aromatic carbocycles. The van der Waals surface area contributed by atoms with E-state index in [4.69, 9.17) is 19.5 Å².